The van der Waals surface area contributed by atoms with E-state index in [0.29, 0.717) is 12.0 Å². The molecule has 0 bridgehead atoms. The minimum absolute atomic E-state index is 0.258. The second kappa shape index (κ2) is 5.10. The number of rotatable bonds is 3. The first-order valence-electron chi connectivity index (χ1n) is 5.64. The third kappa shape index (κ3) is 3.03. The molecule has 0 amide bonds. The van der Waals surface area contributed by atoms with E-state index in [-0.39, 0.29) is 6.10 Å². The molecule has 3 heteroatoms. The summed E-state index contributed by atoms with van der Waals surface area (Å²) in [5.41, 5.74) is 1.32. The van der Waals surface area contributed by atoms with Gasteiger partial charge in [-0.05, 0) is 34.7 Å². The Morgan fingerprint density at radius 3 is 3.07 bits per heavy atom. The topological polar surface area (TPSA) is 21.3 Å². The molecule has 0 spiro atoms. The van der Waals surface area contributed by atoms with Gasteiger partial charge in [-0.15, -0.1) is 0 Å². The molecular weight excluding hydrogens is 206 g/mol. The maximum absolute atomic E-state index is 6.09. The standard InChI is InChI=1S/C12H19NOS/c1-9(2)5-11-6-13-7-12(14-11)10-3-4-15-8-10/h3-4,8-9,11-13H,5-7H2,1-2H3. The first-order chi connectivity index (χ1) is 7.25. The molecule has 1 N–H and O–H groups in total. The molecule has 84 valence electrons. The Morgan fingerprint density at radius 2 is 2.40 bits per heavy atom. The van der Waals surface area contributed by atoms with Crippen molar-refractivity contribution in [1.82, 2.24) is 5.32 Å². The first kappa shape index (κ1) is 11.1. The van der Waals surface area contributed by atoms with E-state index in [4.69, 9.17) is 4.74 Å². The summed E-state index contributed by atoms with van der Waals surface area (Å²) in [6.45, 7) is 6.44. The Labute approximate surface area is 95.6 Å². The van der Waals surface area contributed by atoms with Crippen LogP contribution in [0.3, 0.4) is 0 Å². The predicted molar refractivity (Wildman–Crippen MR) is 64.3 cm³/mol. The highest BCUT2D eigenvalue weighted by molar-refractivity contribution is 7.07. The number of hydrogen-bond acceptors (Lipinski definition) is 3. The van der Waals surface area contributed by atoms with Gasteiger partial charge in [-0.2, -0.15) is 11.3 Å². The number of nitrogens with one attached hydrogen (secondary N) is 1. The van der Waals surface area contributed by atoms with Crippen LogP contribution in [0.1, 0.15) is 31.9 Å². The summed E-state index contributed by atoms with van der Waals surface area (Å²) < 4.78 is 6.09. The number of morpholine rings is 1. The summed E-state index contributed by atoms with van der Waals surface area (Å²) in [5, 5.41) is 7.76. The van der Waals surface area contributed by atoms with Crippen molar-refractivity contribution >= 4 is 11.3 Å². The molecule has 1 aromatic heterocycles. The van der Waals surface area contributed by atoms with Crippen LogP contribution in [0.15, 0.2) is 16.8 Å². The van der Waals surface area contributed by atoms with E-state index in [1.165, 1.54) is 5.56 Å². The SMILES string of the molecule is CC(C)CC1CNCC(c2ccsc2)O1. The maximum atomic E-state index is 6.09. The van der Waals surface area contributed by atoms with E-state index in [2.05, 4.69) is 36.0 Å². The minimum Gasteiger partial charge on any atom is -0.368 e. The van der Waals surface area contributed by atoms with Crippen molar-refractivity contribution in [1.29, 1.82) is 0 Å². The van der Waals surface area contributed by atoms with Gasteiger partial charge in [-0.25, -0.2) is 0 Å². The highest BCUT2D eigenvalue weighted by Gasteiger charge is 2.23. The van der Waals surface area contributed by atoms with Gasteiger partial charge < -0.3 is 10.1 Å². The fourth-order valence-electron chi connectivity index (χ4n) is 2.02. The summed E-state index contributed by atoms with van der Waals surface area (Å²) in [5.74, 6) is 0.707. The fraction of sp³-hybridized carbons (Fsp3) is 0.667. The van der Waals surface area contributed by atoms with Crippen LogP contribution in [0.5, 0.6) is 0 Å². The second-order valence-corrected chi connectivity index (χ2v) is 5.37. The van der Waals surface area contributed by atoms with E-state index in [0.717, 1.165) is 19.5 Å². The summed E-state index contributed by atoms with van der Waals surface area (Å²) >= 11 is 1.74. The van der Waals surface area contributed by atoms with Crippen LogP contribution in [0.4, 0.5) is 0 Å². The third-order valence-electron chi connectivity index (χ3n) is 2.71. The van der Waals surface area contributed by atoms with Gasteiger partial charge >= 0.3 is 0 Å². The quantitative estimate of drug-likeness (QED) is 0.854. The van der Waals surface area contributed by atoms with Crippen molar-refractivity contribution in [3.63, 3.8) is 0 Å². The highest BCUT2D eigenvalue weighted by Crippen LogP contribution is 2.25. The van der Waals surface area contributed by atoms with Crippen LogP contribution in [0, 0.1) is 5.92 Å². The maximum Gasteiger partial charge on any atom is 0.0961 e. The normalized spacial score (nSPS) is 27.1. The van der Waals surface area contributed by atoms with Crippen LogP contribution in [-0.4, -0.2) is 19.2 Å². The Balaban J connectivity index is 1.92. The molecule has 1 aliphatic rings. The van der Waals surface area contributed by atoms with Gasteiger partial charge in [0.2, 0.25) is 0 Å². The molecule has 2 unspecified atom stereocenters. The van der Waals surface area contributed by atoms with Crippen LogP contribution >= 0.6 is 11.3 Å². The number of ether oxygens (including phenoxy) is 1. The van der Waals surface area contributed by atoms with E-state index < -0.39 is 0 Å². The Bertz CT molecular complexity index is 284. The minimum atomic E-state index is 0.258. The molecule has 0 aliphatic carbocycles. The average Bonchev–Trinajstić information content (AvgIpc) is 2.69. The molecule has 0 aromatic carbocycles. The second-order valence-electron chi connectivity index (χ2n) is 4.59. The van der Waals surface area contributed by atoms with E-state index in [1.807, 2.05) is 0 Å². The molecule has 0 radical (unpaired) electrons. The molecule has 0 saturated carbocycles. The van der Waals surface area contributed by atoms with E-state index in [9.17, 15) is 0 Å². The number of hydrogen-bond donors (Lipinski definition) is 1. The van der Waals surface area contributed by atoms with Gasteiger partial charge in [0.25, 0.3) is 0 Å². The summed E-state index contributed by atoms with van der Waals surface area (Å²) in [6.07, 6.45) is 1.78. The van der Waals surface area contributed by atoms with Gasteiger partial charge in [-0.3, -0.25) is 0 Å². The smallest absolute Gasteiger partial charge is 0.0961 e. The summed E-state index contributed by atoms with van der Waals surface area (Å²) in [7, 11) is 0. The third-order valence-corrected chi connectivity index (χ3v) is 3.41. The molecule has 1 fully saturated rings. The Kier molecular flexibility index (Phi) is 3.78. The van der Waals surface area contributed by atoms with Gasteiger partial charge in [-0.1, -0.05) is 13.8 Å². The van der Waals surface area contributed by atoms with Crippen molar-refractivity contribution in [3.8, 4) is 0 Å². The largest absolute Gasteiger partial charge is 0.368 e. The Morgan fingerprint density at radius 1 is 1.53 bits per heavy atom. The van der Waals surface area contributed by atoms with Crippen LogP contribution in [0.25, 0.3) is 0 Å². The van der Waals surface area contributed by atoms with Crippen LogP contribution in [-0.2, 0) is 4.74 Å². The molecular formula is C12H19NOS. The van der Waals surface area contributed by atoms with Crippen molar-refractivity contribution in [2.45, 2.75) is 32.5 Å². The fourth-order valence-corrected chi connectivity index (χ4v) is 2.72. The molecule has 2 nitrogen and oxygen atoms in total. The monoisotopic (exact) mass is 225 g/mol. The summed E-state index contributed by atoms with van der Waals surface area (Å²) in [4.78, 5) is 0. The molecule has 15 heavy (non-hydrogen) atoms. The molecule has 2 heterocycles. The van der Waals surface area contributed by atoms with Gasteiger partial charge in [0, 0.05) is 13.1 Å². The van der Waals surface area contributed by atoms with E-state index >= 15 is 0 Å². The number of thiophene rings is 1. The van der Waals surface area contributed by atoms with Crippen LogP contribution in [0.2, 0.25) is 0 Å². The Hall–Kier alpha value is -0.380. The lowest BCUT2D eigenvalue weighted by atomic mass is 10.0. The first-order valence-corrected chi connectivity index (χ1v) is 6.58. The molecule has 1 saturated heterocycles. The van der Waals surface area contributed by atoms with Crippen LogP contribution < -0.4 is 5.32 Å². The zero-order valence-electron chi connectivity index (χ0n) is 9.40. The van der Waals surface area contributed by atoms with Crippen molar-refractivity contribution < 1.29 is 4.74 Å². The lowest BCUT2D eigenvalue weighted by molar-refractivity contribution is -0.0472. The predicted octanol–water partition coefficient (Wildman–Crippen LogP) is 2.82. The molecule has 2 rings (SSSR count). The average molecular weight is 225 g/mol. The molecule has 1 aromatic rings. The highest BCUT2D eigenvalue weighted by atomic mass is 32.1. The lowest BCUT2D eigenvalue weighted by Gasteiger charge is -2.31. The molecule has 1 aliphatic heterocycles. The van der Waals surface area contributed by atoms with Gasteiger partial charge in [0.1, 0.15) is 0 Å². The van der Waals surface area contributed by atoms with Crippen molar-refractivity contribution in [2.24, 2.45) is 5.92 Å². The van der Waals surface area contributed by atoms with Crippen molar-refractivity contribution in [3.05, 3.63) is 22.4 Å². The van der Waals surface area contributed by atoms with E-state index in [1.54, 1.807) is 11.3 Å². The van der Waals surface area contributed by atoms with Gasteiger partial charge in [0.05, 0.1) is 12.2 Å². The zero-order chi connectivity index (χ0) is 10.7. The summed E-state index contributed by atoms with van der Waals surface area (Å²) in [6, 6.07) is 2.16. The van der Waals surface area contributed by atoms with Gasteiger partial charge in [0.15, 0.2) is 0 Å². The van der Waals surface area contributed by atoms with Crippen molar-refractivity contribution in [2.75, 3.05) is 13.1 Å². The molecule has 2 atom stereocenters. The lowest BCUT2D eigenvalue weighted by Crippen LogP contribution is -2.41. The zero-order valence-corrected chi connectivity index (χ0v) is 10.2.